The van der Waals surface area contributed by atoms with Gasteiger partial charge in [-0.25, -0.2) is 19.4 Å². The lowest BCUT2D eigenvalue weighted by atomic mass is 10.1. The van der Waals surface area contributed by atoms with Crippen LogP contribution in [0.4, 0.5) is 4.39 Å². The monoisotopic (exact) mass is 379 g/mol. The summed E-state index contributed by atoms with van der Waals surface area (Å²) in [5.74, 6) is -0.613. The average Bonchev–Trinajstić information content (AvgIpc) is 3.16. The summed E-state index contributed by atoms with van der Waals surface area (Å²) in [5.41, 5.74) is 2.10. The predicted octanol–water partition coefficient (Wildman–Crippen LogP) is 2.84. The van der Waals surface area contributed by atoms with E-state index in [9.17, 15) is 14.0 Å². The molecule has 4 rings (SSSR count). The Balaban J connectivity index is 1.60. The first-order chi connectivity index (χ1) is 13.6. The van der Waals surface area contributed by atoms with Crippen molar-refractivity contribution in [2.45, 2.75) is 19.0 Å². The van der Waals surface area contributed by atoms with Gasteiger partial charge in [-0.3, -0.25) is 14.2 Å². The molecular formula is C20H18FN5O2. The molecule has 7 nitrogen and oxygen atoms in total. The number of aromatic nitrogens is 3. The molecule has 0 spiro atoms. The maximum Gasteiger partial charge on any atom is 0.294 e. The lowest BCUT2D eigenvalue weighted by Gasteiger charge is -2.28. The van der Waals surface area contributed by atoms with E-state index in [1.807, 2.05) is 16.8 Å². The van der Waals surface area contributed by atoms with Crippen molar-refractivity contribution in [3.63, 3.8) is 0 Å². The van der Waals surface area contributed by atoms with Crippen molar-refractivity contribution in [1.82, 2.24) is 19.4 Å². The molecule has 1 aliphatic heterocycles. The first-order valence-electron chi connectivity index (χ1n) is 8.95. The second-order valence-corrected chi connectivity index (χ2v) is 6.65. The number of carbonyl (C=O) groups excluding carboxylic acids is 2. The van der Waals surface area contributed by atoms with Crippen molar-refractivity contribution in [3.05, 3.63) is 54.1 Å². The molecule has 1 fully saturated rings. The van der Waals surface area contributed by atoms with E-state index in [0.29, 0.717) is 37.1 Å². The smallest absolute Gasteiger partial charge is 0.294 e. The Kier molecular flexibility index (Phi) is 4.68. The number of likely N-dealkylation sites (tertiary alicyclic amines) is 1. The maximum atomic E-state index is 13.3. The van der Waals surface area contributed by atoms with Gasteiger partial charge in [0.2, 0.25) is 0 Å². The van der Waals surface area contributed by atoms with E-state index in [1.165, 1.54) is 6.20 Å². The van der Waals surface area contributed by atoms with Gasteiger partial charge in [0, 0.05) is 30.9 Å². The van der Waals surface area contributed by atoms with E-state index in [0.717, 1.165) is 11.1 Å². The van der Waals surface area contributed by atoms with Crippen molar-refractivity contribution in [2.24, 2.45) is 4.99 Å². The van der Waals surface area contributed by atoms with Crippen molar-refractivity contribution in [2.75, 3.05) is 13.1 Å². The van der Waals surface area contributed by atoms with Gasteiger partial charge in [0.05, 0.1) is 17.4 Å². The number of nitrogens with zero attached hydrogens (tertiary/aromatic N) is 5. The SMILES string of the molecule is C=NC(=O)c1ccc(-n2ccc3cc(C(=O)N4CCC(F)CC4)cnc32)cn1. The minimum atomic E-state index is -0.823. The third kappa shape index (κ3) is 3.28. The molecular weight excluding hydrogens is 361 g/mol. The van der Waals surface area contributed by atoms with Crippen LogP contribution in [0.3, 0.4) is 0 Å². The standard InChI is InChI=1S/C20H18FN5O2/c1-22-19(27)17-3-2-16(12-23-17)26-9-4-13-10-14(11-24-18(13)26)20(28)25-7-5-15(21)6-8-25/h2-4,9-12,15H,1,5-8H2. The zero-order chi connectivity index (χ0) is 19.7. The van der Waals surface area contributed by atoms with Crippen LogP contribution < -0.4 is 0 Å². The highest BCUT2D eigenvalue weighted by atomic mass is 19.1. The quantitative estimate of drug-likeness (QED) is 0.656. The Labute approximate surface area is 160 Å². The van der Waals surface area contributed by atoms with Crippen LogP contribution in [-0.4, -0.2) is 57.2 Å². The normalized spacial score (nSPS) is 15.0. The molecule has 0 unspecified atom stereocenters. The zero-order valence-electron chi connectivity index (χ0n) is 15.1. The van der Waals surface area contributed by atoms with Crippen LogP contribution in [0.2, 0.25) is 0 Å². The summed E-state index contributed by atoms with van der Waals surface area (Å²) >= 11 is 0. The van der Waals surface area contributed by atoms with Gasteiger partial charge in [0.25, 0.3) is 11.8 Å². The lowest BCUT2D eigenvalue weighted by molar-refractivity contribution is 0.0666. The number of fused-ring (bicyclic) bond motifs is 1. The van der Waals surface area contributed by atoms with Crippen LogP contribution in [0.25, 0.3) is 16.7 Å². The molecule has 28 heavy (non-hydrogen) atoms. The van der Waals surface area contributed by atoms with Crippen LogP contribution in [0.5, 0.6) is 0 Å². The van der Waals surface area contributed by atoms with E-state index >= 15 is 0 Å². The molecule has 4 heterocycles. The van der Waals surface area contributed by atoms with Crippen molar-refractivity contribution >= 4 is 29.6 Å². The fraction of sp³-hybridized carbons (Fsp3) is 0.250. The number of rotatable bonds is 3. The molecule has 142 valence electrons. The van der Waals surface area contributed by atoms with Crippen LogP contribution in [-0.2, 0) is 0 Å². The summed E-state index contributed by atoms with van der Waals surface area (Å²) in [5, 5.41) is 0.805. The number of aliphatic imine (C=N–C) groups is 1. The number of alkyl halides is 1. The molecule has 0 aromatic carbocycles. The largest absolute Gasteiger partial charge is 0.338 e. The van der Waals surface area contributed by atoms with Gasteiger partial charge in [0.1, 0.15) is 17.5 Å². The Morgan fingerprint density at radius 1 is 1.14 bits per heavy atom. The van der Waals surface area contributed by atoms with Gasteiger partial charge in [0.15, 0.2) is 0 Å². The van der Waals surface area contributed by atoms with Gasteiger partial charge in [-0.15, -0.1) is 0 Å². The van der Waals surface area contributed by atoms with Crippen molar-refractivity contribution in [1.29, 1.82) is 0 Å². The van der Waals surface area contributed by atoms with Gasteiger partial charge < -0.3 is 4.90 Å². The molecule has 0 aliphatic carbocycles. The number of piperidine rings is 1. The Morgan fingerprint density at radius 3 is 2.61 bits per heavy atom. The number of amides is 2. The highest BCUT2D eigenvalue weighted by Gasteiger charge is 2.23. The minimum Gasteiger partial charge on any atom is -0.338 e. The Bertz CT molecular complexity index is 1050. The highest BCUT2D eigenvalue weighted by Crippen LogP contribution is 2.21. The molecule has 0 radical (unpaired) electrons. The summed E-state index contributed by atoms with van der Waals surface area (Å²) < 4.78 is 15.1. The maximum absolute atomic E-state index is 13.3. The topological polar surface area (TPSA) is 80.5 Å². The molecule has 8 heteroatoms. The third-order valence-electron chi connectivity index (χ3n) is 4.87. The molecule has 0 bridgehead atoms. The van der Waals surface area contributed by atoms with Crippen LogP contribution in [0.1, 0.15) is 33.7 Å². The molecule has 0 atom stereocenters. The van der Waals surface area contributed by atoms with E-state index in [-0.39, 0.29) is 11.6 Å². The summed E-state index contributed by atoms with van der Waals surface area (Å²) in [6.07, 6.45) is 4.85. The molecule has 2 amide bonds. The van der Waals surface area contributed by atoms with Gasteiger partial charge >= 0.3 is 0 Å². The molecule has 0 N–H and O–H groups in total. The molecule has 0 saturated carbocycles. The van der Waals surface area contributed by atoms with E-state index < -0.39 is 12.1 Å². The van der Waals surface area contributed by atoms with E-state index in [4.69, 9.17) is 0 Å². The summed E-state index contributed by atoms with van der Waals surface area (Å²) in [6.45, 7) is 4.06. The molecule has 3 aromatic rings. The number of pyridine rings is 2. The average molecular weight is 379 g/mol. The fourth-order valence-electron chi connectivity index (χ4n) is 3.32. The number of halogens is 1. The predicted molar refractivity (Wildman–Crippen MR) is 103 cm³/mol. The number of hydrogen-bond acceptors (Lipinski definition) is 4. The van der Waals surface area contributed by atoms with Crippen LogP contribution in [0, 0.1) is 0 Å². The summed E-state index contributed by atoms with van der Waals surface area (Å²) in [4.78, 5) is 37.7. The third-order valence-corrected chi connectivity index (χ3v) is 4.87. The highest BCUT2D eigenvalue weighted by molar-refractivity contribution is 5.97. The number of hydrogen-bond donors (Lipinski definition) is 0. The summed E-state index contributed by atoms with van der Waals surface area (Å²) in [7, 11) is 0. The van der Waals surface area contributed by atoms with Gasteiger partial charge in [-0.2, -0.15) is 0 Å². The Hall–Kier alpha value is -3.42. The summed E-state index contributed by atoms with van der Waals surface area (Å²) in [6, 6.07) is 6.96. The van der Waals surface area contributed by atoms with Gasteiger partial charge in [-0.05, 0) is 43.8 Å². The van der Waals surface area contributed by atoms with E-state index in [1.54, 1.807) is 29.3 Å². The van der Waals surface area contributed by atoms with Crippen LogP contribution in [0.15, 0.2) is 47.8 Å². The first-order valence-corrected chi connectivity index (χ1v) is 8.95. The van der Waals surface area contributed by atoms with E-state index in [2.05, 4.69) is 21.7 Å². The van der Waals surface area contributed by atoms with Crippen LogP contribution >= 0.6 is 0 Å². The molecule has 3 aromatic heterocycles. The zero-order valence-corrected chi connectivity index (χ0v) is 15.1. The van der Waals surface area contributed by atoms with Gasteiger partial charge in [-0.1, -0.05) is 0 Å². The Morgan fingerprint density at radius 2 is 1.93 bits per heavy atom. The minimum absolute atomic E-state index is 0.129. The first kappa shape index (κ1) is 18.0. The lowest BCUT2D eigenvalue weighted by Crippen LogP contribution is -2.39. The second-order valence-electron chi connectivity index (χ2n) is 6.65. The second kappa shape index (κ2) is 7.30. The van der Waals surface area contributed by atoms with Crippen molar-refractivity contribution in [3.8, 4) is 5.69 Å². The molecule has 1 aliphatic rings. The molecule has 1 saturated heterocycles. The van der Waals surface area contributed by atoms with Crippen molar-refractivity contribution < 1.29 is 14.0 Å². The fourth-order valence-corrected chi connectivity index (χ4v) is 3.32. The number of carbonyl (C=O) groups is 2.